The molecule has 2 aliphatic rings. The first kappa shape index (κ1) is 53.6. The van der Waals surface area contributed by atoms with Gasteiger partial charge in [-0.1, -0.05) is 0 Å². The van der Waals surface area contributed by atoms with E-state index in [0.717, 1.165) is 61.9 Å². The van der Waals surface area contributed by atoms with Gasteiger partial charge in [-0.05, 0) is 94.0 Å². The second kappa shape index (κ2) is 28.9. The standard InChI is InChI=1S/C12H17N3O4.C12H19N3O2.2C7H9NO2.C5H3FN2O2/c1-19-11-4-2-10(8-16)14(7-11)9-3-5-12(13-6-9)15(17)18;1-17-11-4-2-10(8-16)15(7-11)9-3-5-12(13)14-6-9;2*1-10-7-3-2-6(5-9)8-4-7;6-4-1-2-5(7-3-4)8(9)10/h3,5-6,10-11,16H,2,4,7-8H2,1H3;3,5-6,10-11,16H,2,4,7-8H2,1H3,(H2,13,14);2*2-4,9H,5H2,1H3;1-3H. The Labute approximate surface area is 380 Å². The smallest absolute Gasteiger partial charge is 0.363 e. The van der Waals surface area contributed by atoms with Crippen molar-refractivity contribution in [3.05, 3.63) is 129 Å². The average Bonchev–Trinajstić information content (AvgIpc) is 3.37. The van der Waals surface area contributed by atoms with Crippen LogP contribution in [0.15, 0.2) is 91.6 Å². The van der Waals surface area contributed by atoms with Crippen molar-refractivity contribution in [2.24, 2.45) is 0 Å². The maximum Gasteiger partial charge on any atom is 0.363 e. The summed E-state index contributed by atoms with van der Waals surface area (Å²) < 4.78 is 32.5. The Bertz CT molecular complexity index is 2040. The highest BCUT2D eigenvalue weighted by Crippen LogP contribution is 2.27. The number of halogens is 1. The van der Waals surface area contributed by atoms with E-state index in [1.54, 1.807) is 83.4 Å². The minimum absolute atomic E-state index is 0.00894. The monoisotopic (exact) mass is 924 g/mol. The molecule has 2 aliphatic heterocycles. The minimum atomic E-state index is -0.681. The van der Waals surface area contributed by atoms with Crippen LogP contribution < -0.4 is 25.0 Å². The van der Waals surface area contributed by atoms with Gasteiger partial charge in [-0.2, -0.15) is 0 Å². The van der Waals surface area contributed by atoms with E-state index in [0.29, 0.717) is 35.2 Å². The number of aliphatic hydroxyl groups excluding tert-OH is 4. The van der Waals surface area contributed by atoms with Crippen molar-refractivity contribution >= 4 is 28.8 Å². The molecule has 5 aromatic heterocycles. The highest BCUT2D eigenvalue weighted by atomic mass is 19.1. The number of anilines is 3. The Hall–Kier alpha value is -6.76. The van der Waals surface area contributed by atoms with Crippen LogP contribution in [0.3, 0.4) is 0 Å². The lowest BCUT2D eigenvalue weighted by atomic mass is 10.00. The number of nitrogens with zero attached hydrogens (tertiary/aromatic N) is 9. The van der Waals surface area contributed by atoms with Crippen LogP contribution in [0.4, 0.5) is 33.2 Å². The van der Waals surface area contributed by atoms with Crippen molar-refractivity contribution in [1.82, 2.24) is 24.9 Å². The fourth-order valence-electron chi connectivity index (χ4n) is 6.33. The number of rotatable bonds is 12. The van der Waals surface area contributed by atoms with Crippen LogP contribution >= 0.6 is 0 Å². The second-order valence-corrected chi connectivity index (χ2v) is 14.2. The molecular formula is C43H57FN10O12. The normalized spacial score (nSPS) is 17.4. The van der Waals surface area contributed by atoms with Crippen LogP contribution in [0.1, 0.15) is 37.1 Å². The molecule has 358 valence electrons. The van der Waals surface area contributed by atoms with Gasteiger partial charge in [0.25, 0.3) is 0 Å². The predicted molar refractivity (Wildman–Crippen MR) is 240 cm³/mol. The van der Waals surface area contributed by atoms with Crippen molar-refractivity contribution in [2.75, 3.05) is 70.3 Å². The maximum atomic E-state index is 12.1. The van der Waals surface area contributed by atoms with Gasteiger partial charge in [0.1, 0.15) is 17.3 Å². The van der Waals surface area contributed by atoms with Gasteiger partial charge in [-0.15, -0.1) is 0 Å². The van der Waals surface area contributed by atoms with Gasteiger partial charge >= 0.3 is 11.6 Å². The highest BCUT2D eigenvalue weighted by Gasteiger charge is 2.30. The summed E-state index contributed by atoms with van der Waals surface area (Å²) in [7, 11) is 6.55. The summed E-state index contributed by atoms with van der Waals surface area (Å²) in [6.07, 6.45) is 11.1. The molecule has 5 aromatic rings. The number of aromatic nitrogens is 5. The largest absolute Gasteiger partial charge is 0.495 e. The van der Waals surface area contributed by atoms with Gasteiger partial charge in [0.15, 0.2) is 18.2 Å². The maximum absolute atomic E-state index is 12.1. The molecule has 0 aliphatic carbocycles. The average molecular weight is 925 g/mol. The molecule has 4 unspecified atom stereocenters. The number of ether oxygens (including phenoxy) is 4. The number of nitro groups is 2. The molecule has 66 heavy (non-hydrogen) atoms. The van der Waals surface area contributed by atoms with Crippen LogP contribution in [0.5, 0.6) is 11.5 Å². The number of nitrogens with two attached hydrogens (primary N) is 1. The van der Waals surface area contributed by atoms with Crippen LogP contribution in [0.2, 0.25) is 0 Å². The van der Waals surface area contributed by atoms with E-state index >= 15 is 0 Å². The molecule has 7 heterocycles. The first-order chi connectivity index (χ1) is 31.8. The van der Waals surface area contributed by atoms with Gasteiger partial charge in [0.05, 0.1) is 106 Å². The van der Waals surface area contributed by atoms with Crippen LogP contribution in [-0.2, 0) is 22.7 Å². The molecule has 0 bridgehead atoms. The lowest BCUT2D eigenvalue weighted by molar-refractivity contribution is -0.389. The van der Waals surface area contributed by atoms with Gasteiger partial charge in [0.2, 0.25) is 0 Å². The van der Waals surface area contributed by atoms with Crippen molar-refractivity contribution < 1.29 is 53.6 Å². The molecule has 4 atom stereocenters. The number of piperidine rings is 2. The van der Waals surface area contributed by atoms with Crippen molar-refractivity contribution in [3.63, 3.8) is 0 Å². The summed E-state index contributed by atoms with van der Waals surface area (Å²) in [5, 5.41) is 56.5. The minimum Gasteiger partial charge on any atom is -0.495 e. The van der Waals surface area contributed by atoms with Crippen molar-refractivity contribution in [3.8, 4) is 11.5 Å². The van der Waals surface area contributed by atoms with E-state index in [2.05, 4.69) is 29.8 Å². The van der Waals surface area contributed by atoms with E-state index in [4.69, 9.17) is 34.9 Å². The molecule has 6 N–H and O–H groups in total. The molecule has 0 radical (unpaired) electrons. The molecule has 7 rings (SSSR count). The quantitative estimate of drug-likeness (QED) is 0.0875. The number of hydrogen-bond donors (Lipinski definition) is 5. The summed E-state index contributed by atoms with van der Waals surface area (Å²) in [4.78, 5) is 42.3. The Morgan fingerprint density at radius 2 is 1.05 bits per heavy atom. The van der Waals surface area contributed by atoms with Crippen LogP contribution in [-0.4, -0.2) is 134 Å². The predicted octanol–water partition coefficient (Wildman–Crippen LogP) is 3.90. The fraction of sp³-hybridized carbons (Fsp3) is 0.419. The van der Waals surface area contributed by atoms with Gasteiger partial charge < -0.3 is 75.1 Å². The molecule has 0 aromatic carbocycles. The molecule has 22 nitrogen and oxygen atoms in total. The van der Waals surface area contributed by atoms with E-state index in [1.807, 2.05) is 11.0 Å². The summed E-state index contributed by atoms with van der Waals surface area (Å²) >= 11 is 0. The van der Waals surface area contributed by atoms with E-state index in [1.165, 1.54) is 12.3 Å². The Balaban J connectivity index is 0.000000226. The van der Waals surface area contributed by atoms with E-state index in [-0.39, 0.29) is 62.4 Å². The molecular weight excluding hydrogens is 868 g/mol. The Kier molecular flexibility index (Phi) is 23.5. The lowest BCUT2D eigenvalue weighted by Gasteiger charge is -2.39. The highest BCUT2D eigenvalue weighted by molar-refractivity contribution is 5.50. The summed E-state index contributed by atoms with van der Waals surface area (Å²) in [5.41, 5.74) is 8.64. The third-order valence-corrected chi connectivity index (χ3v) is 10.1. The van der Waals surface area contributed by atoms with Gasteiger partial charge in [0, 0.05) is 39.4 Å². The SMILES string of the molecule is COC1CCC(CO)N(c2ccc(N)nc2)C1.COC1CCC(CO)N(c2ccc([N+](=O)[O-])nc2)C1.COc1ccc(CO)nc1.COc1ccc(CO)nc1.O=[N+]([O-])c1ccc(F)cn1. The van der Waals surface area contributed by atoms with Crippen LogP contribution in [0, 0.1) is 26.0 Å². The molecule has 2 saturated heterocycles. The molecule has 23 heteroatoms. The molecule has 0 saturated carbocycles. The third-order valence-electron chi connectivity index (χ3n) is 10.1. The topological polar surface area (TPSA) is 301 Å². The number of aliphatic hydroxyl groups is 4. The van der Waals surface area contributed by atoms with Crippen LogP contribution in [0.25, 0.3) is 0 Å². The van der Waals surface area contributed by atoms with Crippen molar-refractivity contribution in [2.45, 2.75) is 63.2 Å². The molecule has 0 spiro atoms. The van der Waals surface area contributed by atoms with E-state index in [9.17, 15) is 34.8 Å². The fourth-order valence-corrected chi connectivity index (χ4v) is 6.33. The van der Waals surface area contributed by atoms with Crippen molar-refractivity contribution in [1.29, 1.82) is 0 Å². The first-order valence-corrected chi connectivity index (χ1v) is 20.4. The number of nitrogen functional groups attached to an aromatic ring is 1. The molecule has 0 amide bonds. The Morgan fingerprint density at radius 1 is 0.606 bits per heavy atom. The number of hydrogen-bond acceptors (Lipinski definition) is 20. The summed E-state index contributed by atoms with van der Waals surface area (Å²) in [6.45, 7) is 1.59. The summed E-state index contributed by atoms with van der Waals surface area (Å²) in [5.74, 6) is 0.820. The number of methoxy groups -OCH3 is 4. The second-order valence-electron chi connectivity index (χ2n) is 14.2. The zero-order valence-corrected chi connectivity index (χ0v) is 37.1. The zero-order valence-electron chi connectivity index (χ0n) is 37.1. The molecule has 2 fully saturated rings. The van der Waals surface area contributed by atoms with E-state index < -0.39 is 15.7 Å². The van der Waals surface area contributed by atoms with Gasteiger partial charge in [-0.25, -0.2) is 9.37 Å². The van der Waals surface area contributed by atoms with Gasteiger partial charge in [-0.3, -0.25) is 9.97 Å². The first-order valence-electron chi connectivity index (χ1n) is 20.4. The third kappa shape index (κ3) is 17.7. The zero-order chi connectivity index (χ0) is 48.4. The summed E-state index contributed by atoms with van der Waals surface area (Å²) in [6, 6.07) is 15.9. The lowest BCUT2D eigenvalue weighted by Crippen LogP contribution is -2.48. The number of pyridine rings is 5. The Morgan fingerprint density at radius 3 is 1.35 bits per heavy atom.